The smallest absolute Gasteiger partial charge is 0.303 e. The van der Waals surface area contributed by atoms with Crippen molar-refractivity contribution >= 4 is 5.97 Å². The number of rotatable bonds is 8. The molecule has 0 spiro atoms. The van der Waals surface area contributed by atoms with Crippen LogP contribution in [0.3, 0.4) is 0 Å². The van der Waals surface area contributed by atoms with Gasteiger partial charge in [0.25, 0.3) is 0 Å². The van der Waals surface area contributed by atoms with Gasteiger partial charge in [-0.2, -0.15) is 0 Å². The van der Waals surface area contributed by atoms with Crippen molar-refractivity contribution in [3.63, 3.8) is 0 Å². The summed E-state index contributed by atoms with van der Waals surface area (Å²) in [5.74, 6) is -0.231. The number of carboxylic acid groups (broad SMARTS) is 1. The van der Waals surface area contributed by atoms with Crippen molar-refractivity contribution in [1.29, 1.82) is 0 Å². The molecule has 1 aliphatic rings. The second kappa shape index (κ2) is 7.68. The second-order valence-corrected chi connectivity index (χ2v) is 6.90. The zero-order valence-corrected chi connectivity index (χ0v) is 14.3. The van der Waals surface area contributed by atoms with E-state index < -0.39 is 5.97 Å². The number of hydrogen-bond acceptors (Lipinski definition) is 2. The van der Waals surface area contributed by atoms with Crippen molar-refractivity contribution in [2.75, 3.05) is 0 Å². The Hall–Kier alpha value is -2.36. The first kappa shape index (κ1) is 17.5. The number of carboxylic acids is 1. The lowest BCUT2D eigenvalue weighted by Gasteiger charge is -2.23. The maximum absolute atomic E-state index is 14.1. The highest BCUT2D eigenvalue weighted by atomic mass is 19.1. The number of benzene rings is 2. The number of aliphatic carboxylic acids is 1. The van der Waals surface area contributed by atoms with Gasteiger partial charge in [-0.05, 0) is 53.9 Å². The normalized spacial score (nSPS) is 16.2. The van der Waals surface area contributed by atoms with Crippen molar-refractivity contribution in [2.24, 2.45) is 11.8 Å². The van der Waals surface area contributed by atoms with Gasteiger partial charge in [-0.25, -0.2) is 4.39 Å². The van der Waals surface area contributed by atoms with Gasteiger partial charge >= 0.3 is 5.97 Å². The highest BCUT2D eigenvalue weighted by Crippen LogP contribution is 2.45. The zero-order valence-electron chi connectivity index (χ0n) is 14.3. The predicted octanol–water partition coefficient (Wildman–Crippen LogP) is 5.01. The summed E-state index contributed by atoms with van der Waals surface area (Å²) in [4.78, 5) is 11.3. The van der Waals surface area contributed by atoms with E-state index in [-0.39, 0.29) is 24.1 Å². The van der Waals surface area contributed by atoms with E-state index in [0.717, 1.165) is 18.4 Å². The summed E-state index contributed by atoms with van der Waals surface area (Å²) in [7, 11) is 0. The molecule has 0 amide bonds. The van der Waals surface area contributed by atoms with Crippen LogP contribution in [-0.4, -0.2) is 11.1 Å². The predicted molar refractivity (Wildman–Crippen MR) is 94.1 cm³/mol. The first-order valence-electron chi connectivity index (χ1n) is 8.72. The van der Waals surface area contributed by atoms with Gasteiger partial charge in [-0.1, -0.05) is 37.3 Å². The highest BCUT2D eigenvalue weighted by Gasteiger charge is 2.35. The van der Waals surface area contributed by atoms with E-state index in [1.54, 1.807) is 6.07 Å². The Balaban J connectivity index is 1.79. The number of halogens is 1. The lowest BCUT2D eigenvalue weighted by molar-refractivity contribution is -0.137. The molecule has 25 heavy (non-hydrogen) atoms. The molecule has 1 aliphatic carbocycles. The molecule has 0 aromatic heterocycles. The minimum Gasteiger partial charge on any atom is -0.489 e. The Kier molecular flexibility index (Phi) is 5.37. The molecule has 1 saturated carbocycles. The van der Waals surface area contributed by atoms with Crippen molar-refractivity contribution in [3.8, 4) is 5.75 Å². The Morgan fingerprint density at radius 2 is 1.96 bits per heavy atom. The summed E-state index contributed by atoms with van der Waals surface area (Å²) in [5.41, 5.74) is 1.71. The summed E-state index contributed by atoms with van der Waals surface area (Å²) in [6.07, 6.45) is 2.27. The second-order valence-electron chi connectivity index (χ2n) is 6.90. The maximum atomic E-state index is 14.1. The van der Waals surface area contributed by atoms with E-state index in [1.165, 1.54) is 12.1 Å². The first-order chi connectivity index (χ1) is 12.0. The maximum Gasteiger partial charge on any atom is 0.303 e. The van der Waals surface area contributed by atoms with Gasteiger partial charge in [-0.3, -0.25) is 4.79 Å². The van der Waals surface area contributed by atoms with E-state index in [9.17, 15) is 14.3 Å². The van der Waals surface area contributed by atoms with E-state index in [2.05, 4.69) is 6.92 Å². The van der Waals surface area contributed by atoms with Crippen LogP contribution in [0, 0.1) is 17.7 Å². The summed E-state index contributed by atoms with van der Waals surface area (Å²) in [6, 6.07) is 14.3. The molecular weight excluding hydrogens is 319 g/mol. The van der Waals surface area contributed by atoms with Gasteiger partial charge in [0.05, 0.1) is 6.42 Å². The molecule has 2 atom stereocenters. The third kappa shape index (κ3) is 4.81. The largest absolute Gasteiger partial charge is 0.489 e. The van der Waals surface area contributed by atoms with Gasteiger partial charge in [0.1, 0.15) is 18.2 Å². The molecule has 1 fully saturated rings. The van der Waals surface area contributed by atoms with Crippen molar-refractivity contribution in [1.82, 2.24) is 0 Å². The minimum atomic E-state index is -0.853. The van der Waals surface area contributed by atoms with Crippen molar-refractivity contribution < 1.29 is 19.0 Å². The van der Waals surface area contributed by atoms with Gasteiger partial charge in [-0.15, -0.1) is 0 Å². The number of carbonyl (C=O) groups is 1. The molecule has 0 radical (unpaired) electrons. The Labute approximate surface area is 147 Å². The molecule has 2 aromatic carbocycles. The molecule has 1 N–H and O–H groups in total. The van der Waals surface area contributed by atoms with Gasteiger partial charge in [0.2, 0.25) is 0 Å². The topological polar surface area (TPSA) is 46.5 Å². The summed E-state index contributed by atoms with van der Waals surface area (Å²) in [5, 5.41) is 9.26. The summed E-state index contributed by atoms with van der Waals surface area (Å²) >= 11 is 0. The molecule has 132 valence electrons. The first-order valence-corrected chi connectivity index (χ1v) is 8.72. The van der Waals surface area contributed by atoms with Gasteiger partial charge in [0.15, 0.2) is 0 Å². The quantitative estimate of drug-likeness (QED) is 0.733. The molecule has 0 aliphatic heterocycles. The lowest BCUT2D eigenvalue weighted by atomic mass is 9.82. The Bertz CT molecular complexity index is 725. The van der Waals surface area contributed by atoms with Crippen LogP contribution in [-0.2, 0) is 11.4 Å². The van der Waals surface area contributed by atoms with Crippen molar-refractivity contribution in [2.45, 2.75) is 38.7 Å². The van der Waals surface area contributed by atoms with Crippen LogP contribution >= 0.6 is 0 Å². The van der Waals surface area contributed by atoms with E-state index in [1.807, 2.05) is 30.3 Å². The fraction of sp³-hybridized carbons (Fsp3) is 0.381. The Morgan fingerprint density at radius 3 is 2.60 bits per heavy atom. The van der Waals surface area contributed by atoms with E-state index in [4.69, 9.17) is 4.74 Å². The molecule has 1 unspecified atom stereocenters. The molecule has 4 heteroatoms. The Morgan fingerprint density at radius 1 is 1.24 bits per heavy atom. The fourth-order valence-electron chi connectivity index (χ4n) is 3.37. The molecule has 3 rings (SSSR count). The standard InChI is InChI=1S/C21H23FO3/c1-14(16-7-8-16)20(12-21(23)24)17-9-18(22)11-19(10-17)25-13-15-5-3-2-4-6-15/h2-6,9-11,14,16,20H,7-8,12-13H2,1H3,(H,23,24)/t14?,20-/m1/s1. The third-order valence-electron chi connectivity index (χ3n) is 4.96. The van der Waals surface area contributed by atoms with Gasteiger partial charge < -0.3 is 9.84 Å². The number of hydrogen-bond donors (Lipinski definition) is 1. The molecule has 0 saturated heterocycles. The molecule has 2 aromatic rings. The third-order valence-corrected chi connectivity index (χ3v) is 4.96. The van der Waals surface area contributed by atoms with Crippen LogP contribution < -0.4 is 4.74 Å². The average molecular weight is 342 g/mol. The van der Waals surface area contributed by atoms with Crippen LogP contribution in [0.2, 0.25) is 0 Å². The highest BCUT2D eigenvalue weighted by molar-refractivity contribution is 5.68. The summed E-state index contributed by atoms with van der Waals surface area (Å²) in [6.45, 7) is 2.42. The molecular formula is C21H23FO3. The lowest BCUT2D eigenvalue weighted by Crippen LogP contribution is -2.16. The average Bonchev–Trinajstić information content (AvgIpc) is 3.42. The molecule has 3 nitrogen and oxygen atoms in total. The van der Waals surface area contributed by atoms with Crippen molar-refractivity contribution in [3.05, 3.63) is 65.5 Å². The monoisotopic (exact) mass is 342 g/mol. The molecule has 0 heterocycles. The number of ether oxygens (including phenoxy) is 1. The van der Waals surface area contributed by atoms with Crippen LogP contribution in [0.15, 0.2) is 48.5 Å². The SMILES string of the molecule is CC(C1CC1)[C@@H](CC(=O)O)c1cc(F)cc(OCc2ccccc2)c1. The van der Waals surface area contributed by atoms with Crippen LogP contribution in [0.25, 0.3) is 0 Å². The van der Waals surface area contributed by atoms with E-state index in [0.29, 0.717) is 23.8 Å². The minimum absolute atomic E-state index is 0.0131. The van der Waals surface area contributed by atoms with Crippen LogP contribution in [0.1, 0.15) is 43.2 Å². The summed E-state index contributed by atoms with van der Waals surface area (Å²) < 4.78 is 19.8. The van der Waals surface area contributed by atoms with E-state index >= 15 is 0 Å². The zero-order chi connectivity index (χ0) is 17.8. The van der Waals surface area contributed by atoms with Crippen LogP contribution in [0.4, 0.5) is 4.39 Å². The van der Waals surface area contributed by atoms with Crippen LogP contribution in [0.5, 0.6) is 5.75 Å². The van der Waals surface area contributed by atoms with Gasteiger partial charge in [0, 0.05) is 6.07 Å². The fourth-order valence-corrected chi connectivity index (χ4v) is 3.37. The molecule has 0 bridgehead atoms.